The van der Waals surface area contributed by atoms with Gasteiger partial charge in [-0.15, -0.1) is 6.58 Å². The van der Waals surface area contributed by atoms with E-state index in [2.05, 4.69) is 6.58 Å². The molecule has 208 valence electrons. The van der Waals surface area contributed by atoms with Gasteiger partial charge < -0.3 is 14.6 Å². The van der Waals surface area contributed by atoms with Crippen LogP contribution in [0.5, 0.6) is 11.5 Å². The third kappa shape index (κ3) is 6.53. The van der Waals surface area contributed by atoms with E-state index in [1.165, 1.54) is 12.1 Å². The second-order valence-electron chi connectivity index (χ2n) is 10.9. The molecule has 0 spiro atoms. The second-order valence-corrected chi connectivity index (χ2v) is 10.9. The maximum Gasteiger partial charge on any atom is 0.204 e. The number of benzene rings is 2. The van der Waals surface area contributed by atoms with E-state index in [9.17, 15) is 13.9 Å². The fourth-order valence-corrected chi connectivity index (χ4v) is 5.96. The van der Waals surface area contributed by atoms with Gasteiger partial charge in [0.05, 0.1) is 19.3 Å². The summed E-state index contributed by atoms with van der Waals surface area (Å²) in [5.41, 5.74) is 0.868. The van der Waals surface area contributed by atoms with Crippen molar-refractivity contribution in [2.75, 3.05) is 13.2 Å². The zero-order valence-corrected chi connectivity index (χ0v) is 22.0. The van der Waals surface area contributed by atoms with Crippen molar-refractivity contribution in [3.8, 4) is 11.5 Å². The molecule has 0 radical (unpaired) electrons. The Morgan fingerprint density at radius 1 is 0.789 bits per heavy atom. The van der Waals surface area contributed by atoms with Gasteiger partial charge in [-0.1, -0.05) is 18.2 Å². The highest BCUT2D eigenvalue weighted by Gasteiger charge is 2.31. The Labute approximate surface area is 222 Å². The van der Waals surface area contributed by atoms with Gasteiger partial charge in [-0.05, 0) is 112 Å². The Kier molecular flexibility index (Phi) is 9.74. The van der Waals surface area contributed by atoms with Crippen LogP contribution in [0, 0.1) is 35.1 Å². The predicted molar refractivity (Wildman–Crippen MR) is 140 cm³/mol. The summed E-state index contributed by atoms with van der Waals surface area (Å²) in [7, 11) is 0. The summed E-state index contributed by atoms with van der Waals surface area (Å²) in [5, 5.41) is 9.81. The lowest BCUT2D eigenvalue weighted by molar-refractivity contribution is 0.0963. The number of aliphatic hydroxyl groups excluding tert-OH is 1. The van der Waals surface area contributed by atoms with Gasteiger partial charge in [-0.25, -0.2) is 8.78 Å². The molecule has 4 rings (SSSR count). The average molecular weight is 535 g/mol. The van der Waals surface area contributed by atoms with Gasteiger partial charge >= 0.3 is 0 Å². The normalized spacial score (nSPS) is 24.6. The summed E-state index contributed by atoms with van der Waals surface area (Å²) in [6, 6.07) is 6.21. The summed E-state index contributed by atoms with van der Waals surface area (Å²) >= 11 is 0. The Bertz CT molecular complexity index is 1090. The molecule has 2 aromatic rings. The van der Waals surface area contributed by atoms with Crippen molar-refractivity contribution in [2.45, 2.75) is 82.7 Å². The van der Waals surface area contributed by atoms with Crippen molar-refractivity contribution in [1.82, 2.24) is 0 Å². The van der Waals surface area contributed by atoms with Crippen LogP contribution in [0.15, 0.2) is 36.9 Å². The van der Waals surface area contributed by atoms with Crippen molar-refractivity contribution < 1.29 is 32.1 Å². The first kappa shape index (κ1) is 28.5. The van der Waals surface area contributed by atoms with Crippen molar-refractivity contribution in [2.24, 2.45) is 11.8 Å². The highest BCUT2D eigenvalue weighted by Crippen LogP contribution is 2.42. The third-order valence-electron chi connectivity index (χ3n) is 8.39. The molecule has 7 heteroatoms. The summed E-state index contributed by atoms with van der Waals surface area (Å²) in [4.78, 5) is 0. The van der Waals surface area contributed by atoms with Crippen LogP contribution in [-0.2, 0) is 0 Å². The first-order valence-electron chi connectivity index (χ1n) is 13.8. The van der Waals surface area contributed by atoms with E-state index >= 15 is 8.78 Å². The van der Waals surface area contributed by atoms with Crippen LogP contribution < -0.4 is 9.47 Å². The Morgan fingerprint density at radius 2 is 1.29 bits per heavy atom. The minimum Gasteiger partial charge on any atom is -0.490 e. The van der Waals surface area contributed by atoms with Crippen molar-refractivity contribution in [1.29, 1.82) is 0 Å². The van der Waals surface area contributed by atoms with Gasteiger partial charge in [0.15, 0.2) is 23.1 Å². The molecule has 0 saturated heterocycles. The van der Waals surface area contributed by atoms with E-state index in [1.54, 1.807) is 25.1 Å². The number of rotatable bonds is 10. The number of aliphatic hydroxyl groups is 1. The summed E-state index contributed by atoms with van der Waals surface area (Å²) in [5.74, 6) is -3.70. The van der Waals surface area contributed by atoms with Gasteiger partial charge in [-0.3, -0.25) is 0 Å². The standard InChI is InChI=1S/C31H38F4O3/c1-3-4-17-37-26-15-16-27(31(35)30(26)34)38-18-20-5-7-22(8-6-20)24-13-14-25(29(33)28(24)32)23-11-9-21(10-12-23)19(2)36/h3,13-16,19-23,36H,1,4-12,17-18H2,2H3. The van der Waals surface area contributed by atoms with Crippen LogP contribution in [0.25, 0.3) is 0 Å². The van der Waals surface area contributed by atoms with E-state index < -0.39 is 23.3 Å². The quantitative estimate of drug-likeness (QED) is 0.190. The molecule has 38 heavy (non-hydrogen) atoms. The van der Waals surface area contributed by atoms with Gasteiger partial charge in [0.25, 0.3) is 0 Å². The molecule has 2 aromatic carbocycles. The molecular weight excluding hydrogens is 496 g/mol. The topological polar surface area (TPSA) is 38.7 Å². The zero-order chi connectivity index (χ0) is 27.2. The molecule has 1 unspecified atom stereocenters. The van der Waals surface area contributed by atoms with Crippen LogP contribution >= 0.6 is 0 Å². The zero-order valence-electron chi connectivity index (χ0n) is 22.0. The molecule has 0 aliphatic heterocycles. The number of halogens is 4. The fraction of sp³-hybridized carbons (Fsp3) is 0.548. The van der Waals surface area contributed by atoms with E-state index in [0.717, 1.165) is 38.5 Å². The fourth-order valence-electron chi connectivity index (χ4n) is 5.96. The van der Waals surface area contributed by atoms with Gasteiger partial charge in [0, 0.05) is 0 Å². The molecule has 3 nitrogen and oxygen atoms in total. The minimum atomic E-state index is -1.08. The second kappa shape index (κ2) is 13.0. The molecule has 2 aliphatic carbocycles. The van der Waals surface area contributed by atoms with Crippen LogP contribution in [-0.4, -0.2) is 24.4 Å². The van der Waals surface area contributed by atoms with Crippen LogP contribution in [0.2, 0.25) is 0 Å². The molecule has 0 bridgehead atoms. The highest BCUT2D eigenvalue weighted by atomic mass is 19.2. The first-order chi connectivity index (χ1) is 18.3. The third-order valence-corrected chi connectivity index (χ3v) is 8.39. The van der Waals surface area contributed by atoms with E-state index in [4.69, 9.17) is 9.47 Å². The maximum absolute atomic E-state index is 15.2. The lowest BCUT2D eigenvalue weighted by Crippen LogP contribution is -2.23. The largest absolute Gasteiger partial charge is 0.490 e. The minimum absolute atomic E-state index is 0.0144. The number of hydrogen-bond donors (Lipinski definition) is 1. The van der Waals surface area contributed by atoms with E-state index in [1.807, 2.05) is 0 Å². The maximum atomic E-state index is 15.2. The van der Waals surface area contributed by atoms with E-state index in [-0.39, 0.29) is 54.5 Å². The van der Waals surface area contributed by atoms with Crippen molar-refractivity contribution in [3.05, 3.63) is 71.3 Å². The Hall–Kier alpha value is -2.54. The molecule has 0 heterocycles. The molecule has 1 N–H and O–H groups in total. The number of hydrogen-bond acceptors (Lipinski definition) is 3. The van der Waals surface area contributed by atoms with Gasteiger partial charge in [0.1, 0.15) is 0 Å². The molecule has 0 aromatic heterocycles. The lowest BCUT2D eigenvalue weighted by atomic mass is 9.75. The summed E-state index contributed by atoms with van der Waals surface area (Å²) in [6.45, 7) is 5.79. The van der Waals surface area contributed by atoms with Crippen molar-refractivity contribution >= 4 is 0 Å². The molecule has 1 atom stereocenters. The number of ether oxygens (including phenoxy) is 2. The smallest absolute Gasteiger partial charge is 0.204 e. The summed E-state index contributed by atoms with van der Waals surface area (Å²) in [6.07, 6.45) is 7.74. The molecule has 2 aliphatic rings. The SMILES string of the molecule is C=CCCOc1ccc(OCC2CCC(c3ccc(C4CCC(C(C)O)CC4)c(F)c3F)CC2)c(F)c1F. The molecule has 2 saturated carbocycles. The van der Waals surface area contributed by atoms with Crippen LogP contribution in [0.1, 0.15) is 87.7 Å². The molecule has 2 fully saturated rings. The van der Waals surface area contributed by atoms with Gasteiger partial charge in [-0.2, -0.15) is 8.78 Å². The molecule has 0 amide bonds. The summed E-state index contributed by atoms with van der Waals surface area (Å²) < 4.78 is 69.8. The Morgan fingerprint density at radius 3 is 1.79 bits per heavy atom. The Balaban J connectivity index is 1.30. The highest BCUT2D eigenvalue weighted by molar-refractivity contribution is 5.35. The average Bonchev–Trinajstić information content (AvgIpc) is 2.92. The van der Waals surface area contributed by atoms with Gasteiger partial charge in [0.2, 0.25) is 11.6 Å². The van der Waals surface area contributed by atoms with Crippen molar-refractivity contribution in [3.63, 3.8) is 0 Å². The lowest BCUT2D eigenvalue weighted by Gasteiger charge is -2.32. The van der Waals surface area contributed by atoms with Crippen LogP contribution in [0.4, 0.5) is 17.6 Å². The van der Waals surface area contributed by atoms with Crippen LogP contribution in [0.3, 0.4) is 0 Å². The predicted octanol–water partition coefficient (Wildman–Crippen LogP) is 8.21. The molecular formula is C31H38F4O3. The van der Waals surface area contributed by atoms with E-state index in [0.29, 0.717) is 30.4 Å². The monoisotopic (exact) mass is 534 g/mol. The first-order valence-corrected chi connectivity index (χ1v) is 13.8.